The maximum Gasteiger partial charge on any atom is 0.187 e. The molecular weight excluding hydrogens is 1120 g/mol. The summed E-state index contributed by atoms with van der Waals surface area (Å²) in [5.41, 5.74) is -0.0749. The van der Waals surface area contributed by atoms with Crippen LogP contribution in [0.25, 0.3) is 0 Å². The second-order valence-electron chi connectivity index (χ2n) is 26.8. The molecular formula is C57H96O27. The van der Waals surface area contributed by atoms with E-state index in [4.69, 9.17) is 56.8 Å². The maximum atomic E-state index is 12.5. The van der Waals surface area contributed by atoms with Crippen LogP contribution in [0.4, 0.5) is 0 Å². The van der Waals surface area contributed by atoms with E-state index in [-0.39, 0.29) is 47.2 Å². The van der Waals surface area contributed by atoms with Gasteiger partial charge in [0.2, 0.25) is 0 Å². The summed E-state index contributed by atoms with van der Waals surface area (Å²) < 4.78 is 73.8. The van der Waals surface area contributed by atoms with Gasteiger partial charge in [-0.1, -0.05) is 27.7 Å². The Morgan fingerprint density at radius 2 is 1.14 bits per heavy atom. The molecule has 0 bridgehead atoms. The van der Waals surface area contributed by atoms with Crippen molar-refractivity contribution in [2.24, 2.45) is 52.3 Å². The number of hydrogen-bond donors (Lipinski definition) is 15. The summed E-state index contributed by atoms with van der Waals surface area (Å²) in [5.74, 6) is 0.966. The third-order valence-corrected chi connectivity index (χ3v) is 22.1. The fourth-order valence-electron chi connectivity index (χ4n) is 17.0. The lowest BCUT2D eigenvalue weighted by Gasteiger charge is -2.61. The minimum atomic E-state index is -1.92. The monoisotopic (exact) mass is 1210 g/mol. The molecule has 27 nitrogen and oxygen atoms in total. The third kappa shape index (κ3) is 12.1. The van der Waals surface area contributed by atoms with Crippen LogP contribution in [0.1, 0.15) is 98.8 Å². The second-order valence-corrected chi connectivity index (χ2v) is 26.8. The van der Waals surface area contributed by atoms with Gasteiger partial charge >= 0.3 is 0 Å². The maximum absolute atomic E-state index is 12.5. The van der Waals surface area contributed by atoms with Gasteiger partial charge in [-0.2, -0.15) is 0 Å². The summed E-state index contributed by atoms with van der Waals surface area (Å²) in [6, 6.07) is 0. The molecule has 10 rings (SSSR count). The minimum Gasteiger partial charge on any atom is -0.394 e. The summed E-state index contributed by atoms with van der Waals surface area (Å²) in [6.07, 6.45) is -30.1. The first kappa shape index (κ1) is 65.9. The molecule has 0 spiro atoms. The van der Waals surface area contributed by atoms with Crippen molar-refractivity contribution in [3.05, 3.63) is 0 Å². The Bertz CT molecular complexity index is 2140. The van der Waals surface area contributed by atoms with Crippen molar-refractivity contribution in [1.29, 1.82) is 0 Å². The molecule has 0 radical (unpaired) electrons. The largest absolute Gasteiger partial charge is 0.394 e. The van der Waals surface area contributed by atoms with Crippen molar-refractivity contribution >= 4 is 0 Å². The van der Waals surface area contributed by atoms with Crippen LogP contribution in [0.15, 0.2) is 0 Å². The Kier molecular flexibility index (Phi) is 20.6. The SMILES string of the molecule is COC1(CCC(C)COC2OC(CO)C(O)C(O)C2O)OC2CC3C4CCC5CC(OC6OC(COC7OCC(O)C(O)C7O)C(OC7OC(C)C(O)C(O)C7O)C(O)C6OC6OC(CO)C(O)C(O)C6O)CCC5(C)C4CCC3(C)C2C1C. The second kappa shape index (κ2) is 26.3. The molecule has 10 aliphatic rings. The van der Waals surface area contributed by atoms with E-state index in [9.17, 15) is 76.6 Å². The molecule has 36 unspecified atom stereocenters. The van der Waals surface area contributed by atoms with Gasteiger partial charge in [0.15, 0.2) is 37.2 Å². The molecule has 4 aliphatic carbocycles. The Labute approximate surface area is 488 Å². The average molecular weight is 1210 g/mol. The van der Waals surface area contributed by atoms with Gasteiger partial charge in [0, 0.05) is 19.4 Å². The van der Waals surface area contributed by atoms with E-state index in [1.54, 1.807) is 7.11 Å². The van der Waals surface area contributed by atoms with Crippen molar-refractivity contribution < 1.29 is 133 Å². The number of aliphatic hydroxyl groups is 15. The normalized spacial score (nSPS) is 55.4. The van der Waals surface area contributed by atoms with E-state index in [1.165, 1.54) is 6.92 Å². The van der Waals surface area contributed by atoms with Gasteiger partial charge in [0.05, 0.1) is 51.3 Å². The summed E-state index contributed by atoms with van der Waals surface area (Å²) >= 11 is 0. The van der Waals surface area contributed by atoms with Crippen LogP contribution in [0.5, 0.6) is 0 Å². The topological polar surface area (TPSA) is 414 Å². The zero-order chi connectivity index (χ0) is 60.6. The lowest BCUT2D eigenvalue weighted by Crippen LogP contribution is -2.67. The zero-order valence-corrected chi connectivity index (χ0v) is 48.8. The van der Waals surface area contributed by atoms with Gasteiger partial charge < -0.3 is 133 Å². The van der Waals surface area contributed by atoms with Gasteiger partial charge in [0.25, 0.3) is 0 Å². The molecule has 6 saturated heterocycles. The number of ether oxygens (including phenoxy) is 12. The predicted molar refractivity (Wildman–Crippen MR) is 282 cm³/mol. The van der Waals surface area contributed by atoms with E-state index in [2.05, 4.69) is 20.8 Å². The van der Waals surface area contributed by atoms with Gasteiger partial charge in [-0.25, -0.2) is 0 Å². The molecule has 0 aromatic rings. The Morgan fingerprint density at radius 3 is 1.81 bits per heavy atom. The van der Waals surface area contributed by atoms with Crippen LogP contribution in [-0.2, 0) is 56.8 Å². The van der Waals surface area contributed by atoms with Crippen molar-refractivity contribution in [2.45, 2.75) is 264 Å². The van der Waals surface area contributed by atoms with Crippen LogP contribution in [0, 0.1) is 52.3 Å². The molecule has 6 aliphatic heterocycles. The molecule has 84 heavy (non-hydrogen) atoms. The highest BCUT2D eigenvalue weighted by molar-refractivity contribution is 5.15. The molecule has 6 heterocycles. The molecule has 4 saturated carbocycles. The Morgan fingerprint density at radius 1 is 0.548 bits per heavy atom. The molecule has 15 N–H and O–H groups in total. The number of methoxy groups -OCH3 is 1. The highest BCUT2D eigenvalue weighted by Crippen LogP contribution is 2.71. The number of rotatable bonds is 18. The molecule has 486 valence electrons. The third-order valence-electron chi connectivity index (χ3n) is 22.1. The van der Waals surface area contributed by atoms with E-state index in [0.717, 1.165) is 38.5 Å². The predicted octanol–water partition coefficient (Wildman–Crippen LogP) is -3.81. The molecule has 36 atom stereocenters. The van der Waals surface area contributed by atoms with Crippen molar-refractivity contribution in [3.63, 3.8) is 0 Å². The summed E-state index contributed by atoms with van der Waals surface area (Å²) in [7, 11) is 1.71. The average Bonchev–Trinajstić information content (AvgIpc) is 1.54. The van der Waals surface area contributed by atoms with Gasteiger partial charge in [-0.05, 0) is 111 Å². The fraction of sp³-hybridized carbons (Fsp3) is 1.00. The van der Waals surface area contributed by atoms with Crippen molar-refractivity contribution in [3.8, 4) is 0 Å². The fourth-order valence-corrected chi connectivity index (χ4v) is 17.0. The summed E-state index contributed by atoms with van der Waals surface area (Å²) in [5, 5.41) is 160. The first-order chi connectivity index (χ1) is 39.8. The van der Waals surface area contributed by atoms with Crippen LogP contribution in [0.3, 0.4) is 0 Å². The van der Waals surface area contributed by atoms with Gasteiger partial charge in [-0.3, -0.25) is 0 Å². The minimum absolute atomic E-state index is 0.00434. The molecule has 10 fully saturated rings. The number of fused-ring (bicyclic) bond motifs is 7. The number of hydrogen-bond acceptors (Lipinski definition) is 27. The van der Waals surface area contributed by atoms with E-state index >= 15 is 0 Å². The molecule has 27 heteroatoms. The quantitative estimate of drug-likeness (QED) is 0.0585. The van der Waals surface area contributed by atoms with Crippen molar-refractivity contribution in [1.82, 2.24) is 0 Å². The van der Waals surface area contributed by atoms with Crippen molar-refractivity contribution in [2.75, 3.05) is 40.1 Å². The molecule has 0 amide bonds. The highest BCUT2D eigenvalue weighted by Gasteiger charge is 2.69. The lowest BCUT2D eigenvalue weighted by atomic mass is 9.44. The Hall–Kier alpha value is -1.08. The van der Waals surface area contributed by atoms with Gasteiger partial charge in [0.1, 0.15) is 110 Å². The van der Waals surface area contributed by atoms with E-state index in [0.29, 0.717) is 43.4 Å². The van der Waals surface area contributed by atoms with Crippen LogP contribution < -0.4 is 0 Å². The van der Waals surface area contributed by atoms with E-state index in [1.807, 2.05) is 6.92 Å². The summed E-state index contributed by atoms with van der Waals surface area (Å²) in [4.78, 5) is 0. The molecule has 0 aromatic heterocycles. The lowest BCUT2D eigenvalue weighted by molar-refractivity contribution is -0.394. The first-order valence-electron chi connectivity index (χ1n) is 30.5. The van der Waals surface area contributed by atoms with E-state index < -0.39 is 186 Å². The number of aliphatic hydroxyl groups excluding tert-OH is 15. The van der Waals surface area contributed by atoms with Gasteiger partial charge in [-0.15, -0.1) is 0 Å². The zero-order valence-electron chi connectivity index (χ0n) is 48.8. The van der Waals surface area contributed by atoms with Crippen LogP contribution in [-0.4, -0.2) is 282 Å². The standard InChI is InChI=1S/C57H96O27/c1-22(19-74-51-44(69)41(66)38(63)32(17-58)79-51)9-14-57(73-6)23(2)35-31(84-57)16-29-27-8-7-25-15-26(10-12-55(25,4)28(27)11-13-56(29,35)5)78-54-49(83-53-46(71)42(67)39(64)33(18-59)80-53)47(72)48(82-52-45(70)40(65)36(61)24(3)77-52)34(81-54)21-76-50-43(68)37(62)30(60)20-75-50/h22-54,58-72H,7-21H2,1-6H3. The smallest absolute Gasteiger partial charge is 0.187 e. The first-order valence-corrected chi connectivity index (χ1v) is 30.5. The van der Waals surface area contributed by atoms with Crippen LogP contribution >= 0.6 is 0 Å². The molecule has 0 aromatic carbocycles. The Balaban J connectivity index is 0.823. The highest BCUT2D eigenvalue weighted by atomic mass is 16.8. The van der Waals surface area contributed by atoms with Crippen LogP contribution in [0.2, 0.25) is 0 Å². The summed E-state index contributed by atoms with van der Waals surface area (Å²) in [6.45, 7) is 8.46.